The zero-order valence-electron chi connectivity index (χ0n) is 15.4. The van der Waals surface area contributed by atoms with Crippen LogP contribution in [-0.4, -0.2) is 88.7 Å². The number of carbonyl (C=O) groups is 2. The van der Waals surface area contributed by atoms with Gasteiger partial charge in [-0.1, -0.05) is 0 Å². The van der Waals surface area contributed by atoms with Crippen molar-refractivity contribution in [2.75, 3.05) is 13.2 Å². The van der Waals surface area contributed by atoms with Crippen LogP contribution >= 0.6 is 0 Å². The first-order valence-corrected chi connectivity index (χ1v) is 9.18. The smallest absolute Gasteiger partial charge is 0.338 e. The Morgan fingerprint density at radius 2 is 1.90 bits per heavy atom. The molecule has 11 nitrogen and oxygen atoms in total. The first-order chi connectivity index (χ1) is 13.8. The van der Waals surface area contributed by atoms with Gasteiger partial charge in [-0.05, 0) is 11.6 Å². The molecule has 9 atom stereocenters. The van der Waals surface area contributed by atoms with Gasteiger partial charge in [0.25, 0.3) is 0 Å². The van der Waals surface area contributed by atoms with Crippen molar-refractivity contribution in [2.45, 2.75) is 50.0 Å². The summed E-state index contributed by atoms with van der Waals surface area (Å²) >= 11 is 0. The molecule has 3 heterocycles. The summed E-state index contributed by atoms with van der Waals surface area (Å²) in [5, 5.41) is 39.4. The molecule has 4 rings (SSSR count). The lowest BCUT2D eigenvalue weighted by Crippen LogP contribution is -2.60. The van der Waals surface area contributed by atoms with Gasteiger partial charge in [-0.2, -0.15) is 0 Å². The van der Waals surface area contributed by atoms with Crippen molar-refractivity contribution in [1.29, 1.82) is 0 Å². The fraction of sp³-hybridized carbons (Fsp3) is 0.667. The highest BCUT2D eigenvalue weighted by molar-refractivity contribution is 5.92. The summed E-state index contributed by atoms with van der Waals surface area (Å²) in [6.07, 6.45) is -6.03. The average Bonchev–Trinajstić information content (AvgIpc) is 3.20. The summed E-state index contributed by atoms with van der Waals surface area (Å²) in [7, 11) is 0. The van der Waals surface area contributed by atoms with Crippen LogP contribution in [0.25, 0.3) is 0 Å². The van der Waals surface area contributed by atoms with Crippen molar-refractivity contribution < 1.29 is 53.7 Å². The molecule has 0 unspecified atom stereocenters. The summed E-state index contributed by atoms with van der Waals surface area (Å²) in [6, 6.07) is 0. The highest BCUT2D eigenvalue weighted by atomic mass is 16.8. The molecule has 0 aromatic heterocycles. The second-order valence-electron chi connectivity index (χ2n) is 7.35. The van der Waals surface area contributed by atoms with Crippen LogP contribution in [0.5, 0.6) is 0 Å². The van der Waals surface area contributed by atoms with Gasteiger partial charge in [-0.3, -0.25) is 4.79 Å². The number of hydrogen-bond acceptors (Lipinski definition) is 11. The molecule has 0 spiro atoms. The van der Waals surface area contributed by atoms with Gasteiger partial charge < -0.3 is 44.1 Å². The second kappa shape index (κ2) is 7.67. The molecule has 4 aliphatic rings. The molecule has 2 saturated heterocycles. The minimum atomic E-state index is -1.61. The van der Waals surface area contributed by atoms with E-state index in [2.05, 4.69) is 0 Å². The Hall–Kier alpha value is -2.02. The minimum Gasteiger partial charge on any atom is -0.471 e. The standard InChI is InChI=1S/C18H22O11/c1-6(20)25-4-7-2-9-12-8(16(24)27-9)5-26-17(11(7)12)29-18-15(23)14(22)13(21)10(3-19)28-18/h2,5,9-15,17-19,21-23H,3-4H2,1H3/t9-,10+,11-,12+,13+,14-,15+,17-,18-/m0/s1. The molecular formula is C18H22O11. The average molecular weight is 414 g/mol. The summed E-state index contributed by atoms with van der Waals surface area (Å²) in [5.74, 6) is -1.99. The van der Waals surface area contributed by atoms with Gasteiger partial charge in [-0.15, -0.1) is 0 Å². The molecule has 4 N–H and O–H groups in total. The maximum Gasteiger partial charge on any atom is 0.338 e. The Morgan fingerprint density at radius 3 is 2.59 bits per heavy atom. The zero-order valence-corrected chi connectivity index (χ0v) is 15.4. The van der Waals surface area contributed by atoms with Gasteiger partial charge in [0.15, 0.2) is 6.29 Å². The van der Waals surface area contributed by atoms with Crippen LogP contribution in [-0.2, 0) is 33.3 Å². The van der Waals surface area contributed by atoms with Crippen LogP contribution in [0.2, 0.25) is 0 Å². The van der Waals surface area contributed by atoms with E-state index in [1.165, 1.54) is 13.2 Å². The Morgan fingerprint density at radius 1 is 1.14 bits per heavy atom. The fourth-order valence-electron chi connectivity index (χ4n) is 4.12. The molecule has 11 heteroatoms. The van der Waals surface area contributed by atoms with Crippen LogP contribution in [0, 0.1) is 11.8 Å². The van der Waals surface area contributed by atoms with E-state index in [0.29, 0.717) is 11.1 Å². The van der Waals surface area contributed by atoms with E-state index in [-0.39, 0.29) is 6.61 Å². The SMILES string of the molecule is CC(=O)OCC1=C[C@@H]2OC(=O)C3=CO[C@@H](O[C@@H]4O[C@H](CO)[C@@H](O)[C@H](O)[C@H]4O)[C@@H]1[C@H]32. The maximum absolute atomic E-state index is 12.0. The van der Waals surface area contributed by atoms with E-state index in [0.717, 1.165) is 0 Å². The molecule has 0 bridgehead atoms. The van der Waals surface area contributed by atoms with Crippen LogP contribution < -0.4 is 0 Å². The predicted molar refractivity (Wildman–Crippen MR) is 89.4 cm³/mol. The monoisotopic (exact) mass is 414 g/mol. The lowest BCUT2D eigenvalue weighted by atomic mass is 9.84. The molecule has 29 heavy (non-hydrogen) atoms. The van der Waals surface area contributed by atoms with Crippen LogP contribution in [0.1, 0.15) is 6.92 Å². The van der Waals surface area contributed by atoms with Gasteiger partial charge in [0.05, 0.1) is 24.4 Å². The molecule has 2 fully saturated rings. The quantitative estimate of drug-likeness (QED) is 0.283. The molecule has 0 saturated carbocycles. The van der Waals surface area contributed by atoms with Crippen LogP contribution in [0.15, 0.2) is 23.5 Å². The normalized spacial score (nSPS) is 43.1. The molecule has 0 radical (unpaired) electrons. The largest absolute Gasteiger partial charge is 0.471 e. The third-order valence-electron chi connectivity index (χ3n) is 5.57. The number of esters is 2. The van der Waals surface area contributed by atoms with Crippen molar-refractivity contribution in [3.8, 4) is 0 Å². The molecular weight excluding hydrogens is 392 g/mol. The second-order valence-corrected chi connectivity index (χ2v) is 7.35. The highest BCUT2D eigenvalue weighted by Gasteiger charge is 2.56. The number of aliphatic hydroxyl groups excluding tert-OH is 4. The van der Waals surface area contributed by atoms with Crippen LogP contribution in [0.4, 0.5) is 0 Å². The minimum absolute atomic E-state index is 0.0598. The number of aliphatic hydroxyl groups is 4. The third-order valence-corrected chi connectivity index (χ3v) is 5.57. The van der Waals surface area contributed by atoms with E-state index >= 15 is 0 Å². The van der Waals surface area contributed by atoms with Crippen LogP contribution in [0.3, 0.4) is 0 Å². The van der Waals surface area contributed by atoms with Gasteiger partial charge in [-0.25, -0.2) is 4.79 Å². The molecule has 1 aliphatic carbocycles. The molecule has 0 amide bonds. The van der Waals surface area contributed by atoms with E-state index < -0.39 is 73.5 Å². The Kier molecular flexibility index (Phi) is 5.36. The number of hydrogen-bond donors (Lipinski definition) is 4. The summed E-state index contributed by atoms with van der Waals surface area (Å²) in [4.78, 5) is 23.2. The first-order valence-electron chi connectivity index (χ1n) is 9.18. The van der Waals surface area contributed by atoms with E-state index in [4.69, 9.17) is 23.7 Å². The van der Waals surface area contributed by atoms with Crippen molar-refractivity contribution >= 4 is 11.9 Å². The number of rotatable bonds is 5. The number of ether oxygens (including phenoxy) is 5. The van der Waals surface area contributed by atoms with E-state index in [1.807, 2.05) is 0 Å². The van der Waals surface area contributed by atoms with Gasteiger partial charge in [0.1, 0.15) is 37.1 Å². The molecule has 0 aromatic carbocycles. The fourth-order valence-corrected chi connectivity index (χ4v) is 4.12. The molecule has 0 aromatic rings. The van der Waals surface area contributed by atoms with E-state index in [1.54, 1.807) is 6.08 Å². The first kappa shape index (κ1) is 20.3. The Bertz CT molecular complexity index is 744. The topological polar surface area (TPSA) is 161 Å². The summed E-state index contributed by atoms with van der Waals surface area (Å²) < 4.78 is 27.0. The molecule has 160 valence electrons. The summed E-state index contributed by atoms with van der Waals surface area (Å²) in [5.41, 5.74) is 0.936. The van der Waals surface area contributed by atoms with Crippen molar-refractivity contribution in [2.24, 2.45) is 11.8 Å². The van der Waals surface area contributed by atoms with Crippen molar-refractivity contribution in [3.63, 3.8) is 0 Å². The van der Waals surface area contributed by atoms with Gasteiger partial charge in [0.2, 0.25) is 6.29 Å². The van der Waals surface area contributed by atoms with E-state index in [9.17, 15) is 30.0 Å². The Labute approximate surface area is 165 Å². The van der Waals surface area contributed by atoms with Crippen molar-refractivity contribution in [1.82, 2.24) is 0 Å². The third kappa shape index (κ3) is 3.43. The van der Waals surface area contributed by atoms with Gasteiger partial charge in [0, 0.05) is 12.8 Å². The lowest BCUT2D eigenvalue weighted by Gasteiger charge is -2.42. The highest BCUT2D eigenvalue weighted by Crippen LogP contribution is 2.49. The Balaban J connectivity index is 1.56. The zero-order chi connectivity index (χ0) is 20.9. The lowest BCUT2D eigenvalue weighted by molar-refractivity contribution is -0.339. The van der Waals surface area contributed by atoms with Gasteiger partial charge >= 0.3 is 11.9 Å². The predicted octanol–water partition coefficient (Wildman–Crippen LogP) is -2.30. The summed E-state index contributed by atoms with van der Waals surface area (Å²) in [6.45, 7) is 0.602. The maximum atomic E-state index is 12.0. The molecule has 3 aliphatic heterocycles. The number of carbonyl (C=O) groups excluding carboxylic acids is 2. The van der Waals surface area contributed by atoms with Crippen molar-refractivity contribution in [3.05, 3.63) is 23.5 Å².